The smallest absolute Gasteiger partial charge is 0.425 e. The molecule has 0 saturated heterocycles. The van der Waals surface area contributed by atoms with Crippen LogP contribution in [-0.4, -0.2) is 11.1 Å². The van der Waals surface area contributed by atoms with Crippen molar-refractivity contribution in [2.24, 2.45) is 0 Å². The van der Waals surface area contributed by atoms with Gasteiger partial charge in [-0.1, -0.05) is 12.1 Å². The first-order valence-electron chi connectivity index (χ1n) is 4.68. The van der Waals surface area contributed by atoms with Gasteiger partial charge < -0.3 is 5.11 Å². The fourth-order valence-electron chi connectivity index (χ4n) is 1.50. The van der Waals surface area contributed by atoms with Crippen LogP contribution in [0.25, 0.3) is 10.1 Å². The summed E-state index contributed by atoms with van der Waals surface area (Å²) in [5.41, 5.74) is 0.501. The summed E-state index contributed by atoms with van der Waals surface area (Å²) in [4.78, 5) is 9.83. The maximum Gasteiger partial charge on any atom is 0.425 e. The van der Waals surface area contributed by atoms with Gasteiger partial charge in [0.2, 0.25) is 0 Å². The Morgan fingerprint density at radius 3 is 2.59 bits per heavy atom. The maximum atomic E-state index is 12.5. The highest BCUT2D eigenvalue weighted by Crippen LogP contribution is 2.38. The third-order valence-corrected chi connectivity index (χ3v) is 3.36. The Balaban J connectivity index is 2.44. The van der Waals surface area contributed by atoms with E-state index in [1.165, 1.54) is 18.2 Å². The van der Waals surface area contributed by atoms with Crippen molar-refractivity contribution in [1.82, 2.24) is 0 Å². The van der Waals surface area contributed by atoms with Crippen LogP contribution in [0, 0.1) is 0 Å². The molecule has 0 radical (unpaired) electrons. The van der Waals surface area contributed by atoms with Crippen LogP contribution in [0.4, 0.5) is 13.2 Å². The molecule has 2 nitrogen and oxygen atoms in total. The van der Waals surface area contributed by atoms with E-state index in [4.69, 9.17) is 5.11 Å². The van der Waals surface area contributed by atoms with Gasteiger partial charge in [0.25, 0.3) is 0 Å². The van der Waals surface area contributed by atoms with Gasteiger partial charge in [0.15, 0.2) is 0 Å². The van der Waals surface area contributed by atoms with Crippen LogP contribution in [0.5, 0.6) is 0 Å². The molecular weight excluding hydrogens is 253 g/mol. The zero-order valence-electron chi connectivity index (χ0n) is 8.41. The molecule has 17 heavy (non-hydrogen) atoms. The Bertz CT molecular complexity index is 572. The number of benzene rings is 1. The molecule has 1 heterocycles. The number of aliphatic carboxylic acids is 1. The van der Waals surface area contributed by atoms with Crippen molar-refractivity contribution in [3.8, 4) is 0 Å². The van der Waals surface area contributed by atoms with Gasteiger partial charge in [0, 0.05) is 4.70 Å². The second-order valence-electron chi connectivity index (χ2n) is 3.55. The van der Waals surface area contributed by atoms with Gasteiger partial charge in [0.05, 0.1) is 6.42 Å². The van der Waals surface area contributed by atoms with E-state index in [9.17, 15) is 18.0 Å². The van der Waals surface area contributed by atoms with E-state index < -0.39 is 17.0 Å². The summed E-state index contributed by atoms with van der Waals surface area (Å²) in [6, 6.07) is 5.61. The van der Waals surface area contributed by atoms with E-state index >= 15 is 0 Å². The summed E-state index contributed by atoms with van der Waals surface area (Å²) in [5, 5.41) is 9.08. The Morgan fingerprint density at radius 2 is 2.00 bits per heavy atom. The topological polar surface area (TPSA) is 37.3 Å². The number of hydrogen-bond acceptors (Lipinski definition) is 2. The van der Waals surface area contributed by atoms with Gasteiger partial charge in [-0.2, -0.15) is 13.2 Å². The lowest BCUT2D eigenvalue weighted by atomic mass is 10.1. The van der Waals surface area contributed by atoms with Crippen molar-refractivity contribution in [2.75, 3.05) is 0 Å². The Kier molecular flexibility index (Phi) is 2.82. The van der Waals surface area contributed by atoms with Gasteiger partial charge in [-0.25, -0.2) is 0 Å². The summed E-state index contributed by atoms with van der Waals surface area (Å²) in [7, 11) is 0. The minimum atomic E-state index is -4.35. The molecule has 0 aliphatic heterocycles. The van der Waals surface area contributed by atoms with Crippen molar-refractivity contribution >= 4 is 27.4 Å². The molecule has 0 unspecified atom stereocenters. The lowest BCUT2D eigenvalue weighted by molar-refractivity contribution is -0.136. The summed E-state index contributed by atoms with van der Waals surface area (Å²) < 4.78 is 37.8. The highest BCUT2D eigenvalue weighted by molar-refractivity contribution is 7.19. The van der Waals surface area contributed by atoms with Crippen LogP contribution in [0.1, 0.15) is 10.4 Å². The van der Waals surface area contributed by atoms with Crippen molar-refractivity contribution < 1.29 is 23.1 Å². The van der Waals surface area contributed by atoms with Gasteiger partial charge in [0.1, 0.15) is 4.88 Å². The molecule has 0 amide bonds. The first-order valence-corrected chi connectivity index (χ1v) is 5.49. The molecule has 0 atom stereocenters. The summed E-state index contributed by atoms with van der Waals surface area (Å²) >= 11 is 0.628. The first kappa shape index (κ1) is 11.9. The summed E-state index contributed by atoms with van der Waals surface area (Å²) in [6.07, 6.45) is -4.54. The predicted molar refractivity (Wildman–Crippen MR) is 58.2 cm³/mol. The van der Waals surface area contributed by atoms with E-state index in [-0.39, 0.29) is 6.42 Å². The van der Waals surface area contributed by atoms with Crippen LogP contribution in [-0.2, 0) is 17.4 Å². The highest BCUT2D eigenvalue weighted by Gasteiger charge is 2.32. The second-order valence-corrected chi connectivity index (χ2v) is 4.63. The second kappa shape index (κ2) is 4.03. The molecular formula is C11H7F3O2S. The number of fused-ring (bicyclic) bond motifs is 1. The molecule has 2 aromatic rings. The van der Waals surface area contributed by atoms with E-state index in [0.29, 0.717) is 27.0 Å². The van der Waals surface area contributed by atoms with Crippen LogP contribution in [0.3, 0.4) is 0 Å². The molecule has 90 valence electrons. The predicted octanol–water partition coefficient (Wildman–Crippen LogP) is 3.55. The number of halogens is 3. The fraction of sp³-hybridized carbons (Fsp3) is 0.182. The molecule has 2 rings (SSSR count). The van der Waals surface area contributed by atoms with Crippen LogP contribution in [0.2, 0.25) is 0 Å². The lowest BCUT2D eigenvalue weighted by Gasteiger charge is -1.99. The number of carboxylic acids is 1. The average molecular weight is 260 g/mol. The van der Waals surface area contributed by atoms with Crippen molar-refractivity contribution in [3.05, 3.63) is 34.7 Å². The van der Waals surface area contributed by atoms with Gasteiger partial charge in [-0.05, 0) is 23.1 Å². The number of rotatable bonds is 2. The summed E-state index contributed by atoms with van der Waals surface area (Å²) in [5.74, 6) is -1.00. The first-order chi connectivity index (χ1) is 7.86. The minimum Gasteiger partial charge on any atom is -0.481 e. The van der Waals surface area contributed by atoms with Crippen molar-refractivity contribution in [2.45, 2.75) is 12.6 Å². The van der Waals surface area contributed by atoms with Crippen LogP contribution >= 0.6 is 11.3 Å². The van der Waals surface area contributed by atoms with Gasteiger partial charge in [-0.15, -0.1) is 11.3 Å². The zero-order valence-corrected chi connectivity index (χ0v) is 9.23. The number of alkyl halides is 3. The number of carboxylic acid groups (broad SMARTS) is 1. The SMILES string of the molecule is O=C(O)Cc1ccc2cc(C(F)(F)F)sc2c1. The van der Waals surface area contributed by atoms with E-state index in [1.807, 2.05) is 0 Å². The lowest BCUT2D eigenvalue weighted by Crippen LogP contribution is -2.00. The number of hydrogen-bond donors (Lipinski definition) is 1. The third kappa shape index (κ3) is 2.58. The summed E-state index contributed by atoms with van der Waals surface area (Å²) in [6.45, 7) is 0. The molecule has 6 heteroatoms. The van der Waals surface area contributed by atoms with E-state index in [1.54, 1.807) is 0 Å². The fourth-order valence-corrected chi connectivity index (χ4v) is 2.49. The van der Waals surface area contributed by atoms with Crippen molar-refractivity contribution in [1.29, 1.82) is 0 Å². The molecule has 1 aromatic heterocycles. The highest BCUT2D eigenvalue weighted by atomic mass is 32.1. The van der Waals surface area contributed by atoms with E-state index in [0.717, 1.165) is 6.07 Å². The van der Waals surface area contributed by atoms with Crippen LogP contribution in [0.15, 0.2) is 24.3 Å². The average Bonchev–Trinajstić information content (AvgIpc) is 2.58. The molecule has 0 aliphatic carbocycles. The third-order valence-electron chi connectivity index (χ3n) is 2.22. The number of thiophene rings is 1. The van der Waals surface area contributed by atoms with E-state index in [2.05, 4.69) is 0 Å². The standard InChI is InChI=1S/C11H7F3O2S/c12-11(13,14)9-5-7-2-1-6(4-10(15)16)3-8(7)17-9/h1-3,5H,4H2,(H,15,16). The molecule has 1 N–H and O–H groups in total. The number of carbonyl (C=O) groups is 1. The van der Waals surface area contributed by atoms with Gasteiger partial charge in [-0.3, -0.25) is 4.79 Å². The molecule has 0 fully saturated rings. The Hall–Kier alpha value is -1.56. The zero-order chi connectivity index (χ0) is 12.6. The van der Waals surface area contributed by atoms with Crippen LogP contribution < -0.4 is 0 Å². The Morgan fingerprint density at radius 1 is 1.29 bits per heavy atom. The molecule has 1 aromatic carbocycles. The molecule has 0 bridgehead atoms. The minimum absolute atomic E-state index is 0.185. The van der Waals surface area contributed by atoms with Gasteiger partial charge >= 0.3 is 12.1 Å². The molecule has 0 saturated carbocycles. The Labute approximate surface area is 98.3 Å². The maximum absolute atomic E-state index is 12.5. The monoisotopic (exact) mass is 260 g/mol. The quantitative estimate of drug-likeness (QED) is 0.896. The molecule has 0 spiro atoms. The largest absolute Gasteiger partial charge is 0.481 e. The normalized spacial score (nSPS) is 11.9. The molecule has 0 aliphatic rings. The van der Waals surface area contributed by atoms with Crippen molar-refractivity contribution in [3.63, 3.8) is 0 Å².